The summed E-state index contributed by atoms with van der Waals surface area (Å²) >= 11 is 0. The third-order valence-corrected chi connectivity index (χ3v) is 6.13. The normalized spacial score (nSPS) is 16.8. The quantitative estimate of drug-likeness (QED) is 0.351. The highest BCUT2D eigenvalue weighted by Gasteiger charge is 2.26. The fraction of sp³-hybridized carbons (Fsp3) is 0.467. The Kier molecular flexibility index (Phi) is 10.6. The summed E-state index contributed by atoms with van der Waals surface area (Å²) in [5.74, 6) is 0.242. The van der Waals surface area contributed by atoms with E-state index in [1.807, 2.05) is 24.3 Å². The number of aromatic hydroxyl groups is 1. The molecule has 0 bridgehead atoms. The van der Waals surface area contributed by atoms with E-state index in [-0.39, 0.29) is 30.1 Å². The van der Waals surface area contributed by atoms with Gasteiger partial charge in [0, 0.05) is 6.54 Å². The Morgan fingerprint density at radius 2 is 1.84 bits per heavy atom. The summed E-state index contributed by atoms with van der Waals surface area (Å²) in [5.41, 5.74) is 0.575. The second-order valence-corrected chi connectivity index (χ2v) is 10.5. The number of hydrogen-bond acceptors (Lipinski definition) is 6. The van der Waals surface area contributed by atoms with Gasteiger partial charge in [-0.25, -0.2) is 4.79 Å². The number of ether oxygens (including phenoxy) is 3. The molecule has 3 unspecified atom stereocenters. The monoisotopic (exact) mass is 524 g/mol. The van der Waals surface area contributed by atoms with E-state index in [1.165, 1.54) is 6.07 Å². The van der Waals surface area contributed by atoms with Crippen molar-refractivity contribution < 1.29 is 28.9 Å². The molecule has 0 fully saturated rings. The molecular formula is C30H40N2O6. The van der Waals surface area contributed by atoms with Gasteiger partial charge < -0.3 is 30.0 Å². The van der Waals surface area contributed by atoms with Crippen LogP contribution in [0.15, 0.2) is 60.7 Å². The minimum absolute atomic E-state index is 0.00923. The molecule has 1 aliphatic carbocycles. The molecule has 1 aliphatic rings. The number of methoxy groups -OCH3 is 1. The number of rotatable bonds is 11. The van der Waals surface area contributed by atoms with Gasteiger partial charge >= 0.3 is 6.09 Å². The molecule has 3 atom stereocenters. The second kappa shape index (κ2) is 13.9. The van der Waals surface area contributed by atoms with E-state index >= 15 is 0 Å². The smallest absolute Gasteiger partial charge is 0.407 e. The van der Waals surface area contributed by atoms with Crippen molar-refractivity contribution in [1.29, 1.82) is 0 Å². The van der Waals surface area contributed by atoms with Crippen LogP contribution < -0.4 is 15.4 Å². The van der Waals surface area contributed by atoms with Crippen LogP contribution in [0.25, 0.3) is 0 Å². The van der Waals surface area contributed by atoms with Gasteiger partial charge in [-0.15, -0.1) is 0 Å². The SMILES string of the molecule is COc1ccc(CC(CC(CNC(=O)c2ccccc2O)NC(=O)OC(C)(C)C)OC2C=CCCC2)cc1. The van der Waals surface area contributed by atoms with E-state index in [0.29, 0.717) is 12.8 Å². The van der Waals surface area contributed by atoms with Gasteiger partial charge in [-0.3, -0.25) is 4.79 Å². The topological polar surface area (TPSA) is 106 Å². The fourth-order valence-corrected chi connectivity index (χ4v) is 4.31. The average molecular weight is 525 g/mol. The van der Waals surface area contributed by atoms with E-state index < -0.39 is 23.6 Å². The Balaban J connectivity index is 1.77. The fourth-order valence-electron chi connectivity index (χ4n) is 4.31. The van der Waals surface area contributed by atoms with Crippen LogP contribution in [0.3, 0.4) is 0 Å². The van der Waals surface area contributed by atoms with Crippen LogP contribution in [0.5, 0.6) is 11.5 Å². The Hall–Kier alpha value is -3.52. The maximum Gasteiger partial charge on any atom is 0.407 e. The highest BCUT2D eigenvalue weighted by atomic mass is 16.6. The maximum absolute atomic E-state index is 12.8. The molecule has 3 N–H and O–H groups in total. The highest BCUT2D eigenvalue weighted by molar-refractivity contribution is 5.96. The molecule has 2 aromatic rings. The maximum atomic E-state index is 12.8. The summed E-state index contributed by atoms with van der Waals surface area (Å²) < 4.78 is 17.3. The zero-order valence-corrected chi connectivity index (χ0v) is 22.7. The number of carbonyl (C=O) groups is 2. The number of para-hydroxylation sites is 1. The number of nitrogens with one attached hydrogen (secondary N) is 2. The lowest BCUT2D eigenvalue weighted by molar-refractivity contribution is -0.00423. The molecule has 0 aromatic heterocycles. The van der Waals surface area contributed by atoms with E-state index in [4.69, 9.17) is 14.2 Å². The third kappa shape index (κ3) is 9.74. The molecule has 0 saturated heterocycles. The first-order chi connectivity index (χ1) is 18.1. The third-order valence-electron chi connectivity index (χ3n) is 6.13. The average Bonchev–Trinajstić information content (AvgIpc) is 2.87. The van der Waals surface area contributed by atoms with Gasteiger partial charge in [0.25, 0.3) is 5.91 Å². The van der Waals surface area contributed by atoms with Crippen molar-refractivity contribution in [2.45, 2.75) is 76.7 Å². The summed E-state index contributed by atoms with van der Waals surface area (Å²) in [7, 11) is 1.63. The number of amides is 2. The van der Waals surface area contributed by atoms with Gasteiger partial charge in [0.1, 0.15) is 17.1 Å². The Labute approximate surface area is 225 Å². The lowest BCUT2D eigenvalue weighted by Crippen LogP contribution is -2.47. The summed E-state index contributed by atoms with van der Waals surface area (Å²) in [6.45, 7) is 5.53. The molecule has 3 rings (SSSR count). The van der Waals surface area contributed by atoms with Crippen molar-refractivity contribution in [3.8, 4) is 11.5 Å². The largest absolute Gasteiger partial charge is 0.507 e. The van der Waals surface area contributed by atoms with Crippen molar-refractivity contribution >= 4 is 12.0 Å². The number of alkyl carbamates (subject to hydrolysis) is 1. The molecule has 0 aliphatic heterocycles. The minimum atomic E-state index is -0.667. The van der Waals surface area contributed by atoms with Gasteiger partial charge in [-0.1, -0.05) is 36.4 Å². The first kappa shape index (κ1) is 29.0. The molecule has 2 aromatic carbocycles. The lowest BCUT2D eigenvalue weighted by atomic mass is 9.99. The number of hydrogen-bond donors (Lipinski definition) is 3. The molecule has 8 nitrogen and oxygen atoms in total. The van der Waals surface area contributed by atoms with Crippen molar-refractivity contribution in [2.75, 3.05) is 13.7 Å². The van der Waals surface area contributed by atoms with Gasteiger partial charge in [-0.05, 0) is 82.7 Å². The Bertz CT molecular complexity index is 1080. The van der Waals surface area contributed by atoms with Crippen LogP contribution in [-0.2, 0) is 15.9 Å². The molecule has 206 valence electrons. The van der Waals surface area contributed by atoms with Crippen molar-refractivity contribution in [2.24, 2.45) is 0 Å². The number of carbonyl (C=O) groups excluding carboxylic acids is 2. The summed E-state index contributed by atoms with van der Waals surface area (Å²) in [6, 6.07) is 13.7. The van der Waals surface area contributed by atoms with Crippen molar-refractivity contribution in [3.63, 3.8) is 0 Å². The molecule has 38 heavy (non-hydrogen) atoms. The van der Waals surface area contributed by atoms with Crippen LogP contribution in [-0.4, -0.2) is 54.6 Å². The van der Waals surface area contributed by atoms with Crippen molar-refractivity contribution in [3.05, 3.63) is 71.8 Å². The molecule has 8 heteroatoms. The number of phenols is 1. The van der Waals surface area contributed by atoms with Crippen LogP contribution >= 0.6 is 0 Å². The number of benzene rings is 2. The molecule has 0 radical (unpaired) electrons. The van der Waals surface area contributed by atoms with Crippen molar-refractivity contribution in [1.82, 2.24) is 10.6 Å². The van der Waals surface area contributed by atoms with Crippen LogP contribution in [0.1, 0.15) is 62.4 Å². The zero-order chi connectivity index (χ0) is 27.5. The van der Waals surface area contributed by atoms with E-state index in [1.54, 1.807) is 46.1 Å². The van der Waals surface area contributed by atoms with Crippen LogP contribution in [0, 0.1) is 0 Å². The van der Waals surface area contributed by atoms with Crippen LogP contribution in [0.2, 0.25) is 0 Å². The number of phenolic OH excluding ortho intramolecular Hbond substituents is 1. The minimum Gasteiger partial charge on any atom is -0.507 e. The predicted molar refractivity (Wildman–Crippen MR) is 147 cm³/mol. The Morgan fingerprint density at radius 3 is 2.47 bits per heavy atom. The zero-order valence-electron chi connectivity index (χ0n) is 22.7. The van der Waals surface area contributed by atoms with Crippen LogP contribution in [0.4, 0.5) is 4.79 Å². The van der Waals surface area contributed by atoms with Gasteiger partial charge in [-0.2, -0.15) is 0 Å². The molecule has 0 spiro atoms. The van der Waals surface area contributed by atoms with Gasteiger partial charge in [0.05, 0.1) is 30.9 Å². The van der Waals surface area contributed by atoms with E-state index in [9.17, 15) is 14.7 Å². The lowest BCUT2D eigenvalue weighted by Gasteiger charge is -2.29. The summed E-state index contributed by atoms with van der Waals surface area (Å²) in [4.78, 5) is 25.5. The summed E-state index contributed by atoms with van der Waals surface area (Å²) in [5, 5.41) is 15.8. The Morgan fingerprint density at radius 1 is 1.11 bits per heavy atom. The second-order valence-electron chi connectivity index (χ2n) is 10.5. The first-order valence-electron chi connectivity index (χ1n) is 13.1. The summed E-state index contributed by atoms with van der Waals surface area (Å²) in [6.07, 6.45) is 7.52. The van der Waals surface area contributed by atoms with Gasteiger partial charge in [0.15, 0.2) is 0 Å². The standard InChI is InChI=1S/C30H40N2O6/c1-30(2,3)38-29(35)32-22(20-31-28(34)26-12-8-9-13-27(26)33)19-25(37-24-10-6-5-7-11-24)18-21-14-16-23(36-4)17-15-21/h6,8-10,12-17,22,24-25,33H,5,7,11,18-20H2,1-4H3,(H,31,34)(H,32,35). The highest BCUT2D eigenvalue weighted by Crippen LogP contribution is 2.22. The predicted octanol–water partition coefficient (Wildman–Crippen LogP) is 5.15. The van der Waals surface area contributed by atoms with E-state index in [0.717, 1.165) is 30.6 Å². The molecule has 2 amide bonds. The first-order valence-corrected chi connectivity index (χ1v) is 13.1. The molecule has 0 saturated carbocycles. The van der Waals surface area contributed by atoms with E-state index in [2.05, 4.69) is 22.8 Å². The molecular weight excluding hydrogens is 484 g/mol. The van der Waals surface area contributed by atoms with Gasteiger partial charge in [0.2, 0.25) is 0 Å². The number of allylic oxidation sites excluding steroid dienone is 1. The molecule has 0 heterocycles.